The zero-order chi connectivity index (χ0) is 21.1. The van der Waals surface area contributed by atoms with Crippen molar-refractivity contribution in [2.45, 2.75) is 25.3 Å². The first-order valence-electron chi connectivity index (χ1n) is 10.7. The van der Waals surface area contributed by atoms with Gasteiger partial charge >= 0.3 is 0 Å². The van der Waals surface area contributed by atoms with Crippen LogP contribution >= 0.6 is 12.4 Å². The predicted octanol–water partition coefficient (Wildman–Crippen LogP) is 3.74. The van der Waals surface area contributed by atoms with Crippen molar-refractivity contribution in [1.29, 1.82) is 0 Å². The highest BCUT2D eigenvalue weighted by atomic mass is 35.5. The number of amides is 1. The van der Waals surface area contributed by atoms with E-state index in [9.17, 15) is 9.59 Å². The predicted molar refractivity (Wildman–Crippen MR) is 128 cm³/mol. The molecule has 1 saturated heterocycles. The summed E-state index contributed by atoms with van der Waals surface area (Å²) >= 11 is 0. The van der Waals surface area contributed by atoms with Crippen LogP contribution in [0.1, 0.15) is 28.8 Å². The number of piperidine rings is 1. The number of fused-ring (bicyclic) bond motifs is 1. The standard InChI is InChI=1S/C25H29N3O2.ClH/c1-26(15-12-19-6-4-3-5-7-19)22-13-16-28(17-14-22)25(30)21-8-10-23-20(18-21)9-11-24(29)27(23)2;/h3-11,18,22H,12-17H2,1-2H3;1H. The van der Waals surface area contributed by atoms with E-state index in [1.165, 1.54) is 5.56 Å². The number of halogens is 1. The topological polar surface area (TPSA) is 45.6 Å². The van der Waals surface area contributed by atoms with Crippen LogP contribution in [0.25, 0.3) is 10.9 Å². The zero-order valence-corrected chi connectivity index (χ0v) is 19.0. The van der Waals surface area contributed by atoms with Crippen LogP contribution in [0.3, 0.4) is 0 Å². The molecule has 0 saturated carbocycles. The van der Waals surface area contributed by atoms with Gasteiger partial charge in [-0.3, -0.25) is 9.59 Å². The van der Waals surface area contributed by atoms with Crippen LogP contribution in [0.2, 0.25) is 0 Å². The number of likely N-dealkylation sites (N-methyl/N-ethyl adjacent to an activating group) is 1. The molecule has 0 spiro atoms. The van der Waals surface area contributed by atoms with Gasteiger partial charge in [0, 0.05) is 44.4 Å². The van der Waals surface area contributed by atoms with Crippen LogP contribution in [0.15, 0.2) is 65.5 Å². The van der Waals surface area contributed by atoms with Crippen LogP contribution in [-0.4, -0.2) is 53.0 Å². The molecule has 2 aromatic carbocycles. The number of pyridine rings is 1. The number of carbonyl (C=O) groups is 1. The lowest BCUT2D eigenvalue weighted by Gasteiger charge is -2.37. The number of carbonyl (C=O) groups excluding carboxylic acids is 1. The number of rotatable bonds is 5. The van der Waals surface area contributed by atoms with Crippen molar-refractivity contribution < 1.29 is 4.79 Å². The van der Waals surface area contributed by atoms with Gasteiger partial charge in [-0.05, 0) is 61.5 Å². The summed E-state index contributed by atoms with van der Waals surface area (Å²) in [6.07, 6.45) is 3.05. The normalized spacial score (nSPS) is 14.6. The SMILES string of the molecule is CN(CCc1ccccc1)C1CCN(C(=O)c2ccc3c(ccc(=O)n3C)c2)CC1.Cl. The first kappa shape index (κ1) is 23.0. The Balaban J connectivity index is 0.00000272. The highest BCUT2D eigenvalue weighted by molar-refractivity contribution is 5.98. The van der Waals surface area contributed by atoms with E-state index in [0.29, 0.717) is 11.6 Å². The number of nitrogens with zero attached hydrogens (tertiary/aromatic N) is 3. The van der Waals surface area contributed by atoms with Crippen molar-refractivity contribution in [3.05, 3.63) is 82.1 Å². The van der Waals surface area contributed by atoms with Gasteiger partial charge in [-0.25, -0.2) is 0 Å². The summed E-state index contributed by atoms with van der Waals surface area (Å²) in [6, 6.07) is 20.0. The lowest BCUT2D eigenvalue weighted by atomic mass is 10.0. The van der Waals surface area contributed by atoms with Crippen LogP contribution in [0.4, 0.5) is 0 Å². The molecule has 1 amide bonds. The van der Waals surface area contributed by atoms with Gasteiger partial charge in [-0.15, -0.1) is 12.4 Å². The lowest BCUT2D eigenvalue weighted by Crippen LogP contribution is -2.46. The Labute approximate surface area is 189 Å². The molecule has 4 rings (SSSR count). The van der Waals surface area contributed by atoms with Gasteiger partial charge in [-0.1, -0.05) is 30.3 Å². The number of aromatic nitrogens is 1. The average Bonchev–Trinajstić information content (AvgIpc) is 2.80. The van der Waals surface area contributed by atoms with Gasteiger partial charge in [0.05, 0.1) is 5.52 Å². The zero-order valence-electron chi connectivity index (χ0n) is 18.2. The van der Waals surface area contributed by atoms with Gasteiger partial charge in [-0.2, -0.15) is 0 Å². The van der Waals surface area contributed by atoms with E-state index in [1.54, 1.807) is 23.7 Å². The van der Waals surface area contributed by atoms with E-state index < -0.39 is 0 Å². The number of hydrogen-bond donors (Lipinski definition) is 0. The van der Waals surface area contributed by atoms with Crippen molar-refractivity contribution in [2.24, 2.45) is 7.05 Å². The molecule has 1 aliphatic heterocycles. The molecule has 1 aliphatic rings. The summed E-state index contributed by atoms with van der Waals surface area (Å²) in [5.74, 6) is 0.0798. The van der Waals surface area contributed by atoms with Crippen LogP contribution in [0, 0.1) is 0 Å². The van der Waals surface area contributed by atoms with Crippen molar-refractivity contribution in [3.8, 4) is 0 Å². The van der Waals surface area contributed by atoms with E-state index in [4.69, 9.17) is 0 Å². The summed E-state index contributed by atoms with van der Waals surface area (Å²) in [6.45, 7) is 2.60. The molecule has 1 aromatic heterocycles. The number of hydrogen-bond acceptors (Lipinski definition) is 3. The van der Waals surface area contributed by atoms with E-state index in [0.717, 1.165) is 49.8 Å². The molecule has 2 heterocycles. The van der Waals surface area contributed by atoms with E-state index >= 15 is 0 Å². The van der Waals surface area contributed by atoms with E-state index in [-0.39, 0.29) is 23.9 Å². The molecular weight excluding hydrogens is 410 g/mol. The minimum Gasteiger partial charge on any atom is -0.339 e. The van der Waals surface area contributed by atoms with Crippen molar-refractivity contribution >= 4 is 29.2 Å². The third kappa shape index (κ3) is 5.17. The molecule has 164 valence electrons. The molecule has 3 aromatic rings. The number of aryl methyl sites for hydroxylation is 1. The maximum absolute atomic E-state index is 13.0. The van der Waals surface area contributed by atoms with Crippen molar-refractivity contribution in [2.75, 3.05) is 26.7 Å². The summed E-state index contributed by atoms with van der Waals surface area (Å²) < 4.78 is 1.61. The van der Waals surface area contributed by atoms with Crippen LogP contribution in [-0.2, 0) is 13.5 Å². The maximum Gasteiger partial charge on any atom is 0.253 e. The largest absolute Gasteiger partial charge is 0.339 e. The molecule has 6 heteroatoms. The van der Waals surface area contributed by atoms with Crippen LogP contribution in [0.5, 0.6) is 0 Å². The van der Waals surface area contributed by atoms with Gasteiger partial charge in [0.1, 0.15) is 0 Å². The number of benzene rings is 2. The third-order valence-electron chi connectivity index (χ3n) is 6.34. The Hall–Kier alpha value is -2.63. The average molecular weight is 440 g/mol. The van der Waals surface area contributed by atoms with E-state index in [2.05, 4.69) is 42.3 Å². The molecule has 5 nitrogen and oxygen atoms in total. The minimum atomic E-state index is -0.0416. The molecule has 31 heavy (non-hydrogen) atoms. The molecule has 0 bridgehead atoms. The fourth-order valence-electron chi connectivity index (χ4n) is 4.34. The van der Waals surface area contributed by atoms with Crippen molar-refractivity contribution in [3.63, 3.8) is 0 Å². The Morgan fingerprint density at radius 2 is 1.74 bits per heavy atom. The van der Waals surface area contributed by atoms with Gasteiger partial charge < -0.3 is 14.4 Å². The number of likely N-dealkylation sites (tertiary alicyclic amines) is 1. The molecule has 0 radical (unpaired) electrons. The summed E-state index contributed by atoms with van der Waals surface area (Å²) in [4.78, 5) is 29.2. The Morgan fingerprint density at radius 1 is 1.03 bits per heavy atom. The van der Waals surface area contributed by atoms with Gasteiger partial charge in [0.15, 0.2) is 0 Å². The molecule has 1 fully saturated rings. The second-order valence-corrected chi connectivity index (χ2v) is 8.24. The molecular formula is C25H30ClN3O2. The Morgan fingerprint density at radius 3 is 2.45 bits per heavy atom. The highest BCUT2D eigenvalue weighted by Gasteiger charge is 2.26. The Kier molecular flexibility index (Phi) is 7.52. The molecule has 0 N–H and O–H groups in total. The summed E-state index contributed by atoms with van der Waals surface area (Å²) in [7, 11) is 3.95. The quantitative estimate of drug-likeness (QED) is 0.608. The smallest absolute Gasteiger partial charge is 0.253 e. The van der Waals surface area contributed by atoms with Gasteiger partial charge in [0.25, 0.3) is 11.5 Å². The monoisotopic (exact) mass is 439 g/mol. The first-order chi connectivity index (χ1) is 14.5. The minimum absolute atomic E-state index is 0. The Bertz CT molecular complexity index is 1090. The molecule has 0 aliphatic carbocycles. The van der Waals surface area contributed by atoms with Gasteiger partial charge in [0.2, 0.25) is 0 Å². The fourth-order valence-corrected chi connectivity index (χ4v) is 4.34. The van der Waals surface area contributed by atoms with Crippen molar-refractivity contribution in [1.82, 2.24) is 14.4 Å². The fraction of sp³-hybridized carbons (Fsp3) is 0.360. The second kappa shape index (κ2) is 10.1. The summed E-state index contributed by atoms with van der Waals surface area (Å²) in [5, 5.41) is 0.915. The molecule has 0 atom stereocenters. The van der Waals surface area contributed by atoms with Crippen LogP contribution < -0.4 is 5.56 Å². The second-order valence-electron chi connectivity index (χ2n) is 8.24. The third-order valence-corrected chi connectivity index (χ3v) is 6.34. The molecule has 0 unspecified atom stereocenters. The highest BCUT2D eigenvalue weighted by Crippen LogP contribution is 2.20. The summed E-state index contributed by atoms with van der Waals surface area (Å²) in [5.41, 5.74) is 2.86. The van der Waals surface area contributed by atoms with E-state index in [1.807, 2.05) is 23.1 Å². The first-order valence-corrected chi connectivity index (χ1v) is 10.7. The maximum atomic E-state index is 13.0. The lowest BCUT2D eigenvalue weighted by molar-refractivity contribution is 0.0647.